The molecule has 1 aliphatic carbocycles. The summed E-state index contributed by atoms with van der Waals surface area (Å²) in [7, 11) is 1.63. The molecule has 0 bridgehead atoms. The Kier molecular flexibility index (Phi) is 2.34. The highest BCUT2D eigenvalue weighted by molar-refractivity contribution is 5.88. The van der Waals surface area contributed by atoms with Crippen LogP contribution in [0.1, 0.15) is 30.6 Å². The molecule has 0 atom stereocenters. The molecule has 18 heavy (non-hydrogen) atoms. The largest absolute Gasteiger partial charge is 0.493 e. The molecule has 3 rings (SSSR count). The van der Waals surface area contributed by atoms with Gasteiger partial charge in [0.05, 0.1) is 18.6 Å². The van der Waals surface area contributed by atoms with E-state index in [0.29, 0.717) is 0 Å². The van der Waals surface area contributed by atoms with Crippen molar-refractivity contribution >= 4 is 11.0 Å². The van der Waals surface area contributed by atoms with Crippen LogP contribution < -0.4 is 4.74 Å². The second-order valence-electron chi connectivity index (χ2n) is 4.96. The zero-order valence-corrected chi connectivity index (χ0v) is 10.6. The predicted molar refractivity (Wildman–Crippen MR) is 68.6 cm³/mol. The second-order valence-corrected chi connectivity index (χ2v) is 4.96. The van der Waals surface area contributed by atoms with Gasteiger partial charge in [-0.25, -0.2) is 0 Å². The molecular weight excluding hydrogens is 226 g/mol. The fraction of sp³-hybridized carbons (Fsp3) is 0.400. The molecule has 0 N–H and O–H groups in total. The molecule has 0 spiro atoms. The summed E-state index contributed by atoms with van der Waals surface area (Å²) in [6.45, 7) is 1.92. The van der Waals surface area contributed by atoms with Crippen LogP contribution in [0.15, 0.2) is 22.6 Å². The van der Waals surface area contributed by atoms with E-state index < -0.39 is 0 Å². The van der Waals surface area contributed by atoms with Crippen LogP contribution in [0.5, 0.6) is 5.75 Å². The summed E-state index contributed by atoms with van der Waals surface area (Å²) in [5.41, 5.74) is 1.53. The smallest absolute Gasteiger partial charge is 0.176 e. The summed E-state index contributed by atoms with van der Waals surface area (Å²) in [6, 6.07) is 8.41. The molecule has 0 saturated heterocycles. The van der Waals surface area contributed by atoms with Crippen molar-refractivity contribution in [2.24, 2.45) is 0 Å². The number of fused-ring (bicyclic) bond motifs is 1. The Morgan fingerprint density at radius 2 is 2.17 bits per heavy atom. The summed E-state index contributed by atoms with van der Waals surface area (Å²) in [5.74, 6) is 1.58. The number of nitriles is 1. The highest BCUT2D eigenvalue weighted by atomic mass is 16.5. The molecule has 3 nitrogen and oxygen atoms in total. The number of aryl methyl sites for hydroxylation is 1. The Morgan fingerprint density at radius 1 is 1.39 bits per heavy atom. The third-order valence-electron chi connectivity index (χ3n) is 3.93. The van der Waals surface area contributed by atoms with Gasteiger partial charge >= 0.3 is 0 Å². The van der Waals surface area contributed by atoms with Crippen molar-refractivity contribution in [3.63, 3.8) is 0 Å². The van der Waals surface area contributed by atoms with E-state index in [0.717, 1.165) is 47.3 Å². The first-order valence-electron chi connectivity index (χ1n) is 6.19. The quantitative estimate of drug-likeness (QED) is 0.805. The Bertz CT molecular complexity index is 644. The maximum absolute atomic E-state index is 9.47. The van der Waals surface area contributed by atoms with Gasteiger partial charge in [0.15, 0.2) is 11.3 Å². The third kappa shape index (κ3) is 1.35. The van der Waals surface area contributed by atoms with E-state index in [4.69, 9.17) is 9.15 Å². The molecule has 1 heterocycles. The van der Waals surface area contributed by atoms with Crippen molar-refractivity contribution in [3.8, 4) is 11.8 Å². The molecule has 3 heteroatoms. The maximum atomic E-state index is 9.47. The second kappa shape index (κ2) is 3.78. The van der Waals surface area contributed by atoms with Gasteiger partial charge in [-0.2, -0.15) is 5.26 Å². The van der Waals surface area contributed by atoms with Gasteiger partial charge in [-0.3, -0.25) is 0 Å². The monoisotopic (exact) mass is 241 g/mol. The zero-order chi connectivity index (χ0) is 12.8. The van der Waals surface area contributed by atoms with Crippen LogP contribution in [0.2, 0.25) is 0 Å². The normalized spacial score (nSPS) is 17.2. The van der Waals surface area contributed by atoms with Gasteiger partial charge in [-0.1, -0.05) is 6.07 Å². The van der Waals surface area contributed by atoms with Crippen molar-refractivity contribution in [3.05, 3.63) is 29.5 Å². The van der Waals surface area contributed by atoms with Gasteiger partial charge < -0.3 is 9.15 Å². The molecule has 1 saturated carbocycles. The zero-order valence-electron chi connectivity index (χ0n) is 10.6. The number of benzene rings is 1. The summed E-state index contributed by atoms with van der Waals surface area (Å²) in [4.78, 5) is 0. The molecule has 92 valence electrons. The summed E-state index contributed by atoms with van der Waals surface area (Å²) < 4.78 is 11.0. The number of nitrogens with zero attached hydrogens (tertiary/aromatic N) is 1. The molecular formula is C15H15NO2. The fourth-order valence-corrected chi connectivity index (χ4v) is 2.77. The first kappa shape index (κ1) is 11.2. The van der Waals surface area contributed by atoms with E-state index in [2.05, 4.69) is 6.07 Å². The van der Waals surface area contributed by atoms with Gasteiger partial charge in [0.1, 0.15) is 5.76 Å². The summed E-state index contributed by atoms with van der Waals surface area (Å²) in [5, 5.41) is 10.5. The first-order valence-corrected chi connectivity index (χ1v) is 6.19. The van der Waals surface area contributed by atoms with Gasteiger partial charge in [0.25, 0.3) is 0 Å². The van der Waals surface area contributed by atoms with Crippen molar-refractivity contribution in [1.82, 2.24) is 0 Å². The molecule has 1 aliphatic rings. The van der Waals surface area contributed by atoms with Gasteiger partial charge in [-0.05, 0) is 43.9 Å². The highest BCUT2D eigenvalue weighted by Crippen LogP contribution is 2.47. The lowest BCUT2D eigenvalue weighted by atomic mass is 9.65. The summed E-state index contributed by atoms with van der Waals surface area (Å²) >= 11 is 0. The van der Waals surface area contributed by atoms with Gasteiger partial charge in [0.2, 0.25) is 0 Å². The molecule has 1 aromatic heterocycles. The van der Waals surface area contributed by atoms with Crippen molar-refractivity contribution in [2.75, 3.05) is 7.11 Å². The minimum Gasteiger partial charge on any atom is -0.493 e. The van der Waals surface area contributed by atoms with E-state index in [1.807, 2.05) is 25.1 Å². The van der Waals surface area contributed by atoms with Crippen molar-refractivity contribution in [2.45, 2.75) is 31.6 Å². The van der Waals surface area contributed by atoms with E-state index in [9.17, 15) is 5.26 Å². The Hall–Kier alpha value is -1.95. The Balaban J connectivity index is 2.28. The minimum atomic E-state index is -0.319. The lowest BCUT2D eigenvalue weighted by Crippen LogP contribution is -2.32. The number of hydrogen-bond acceptors (Lipinski definition) is 3. The molecule has 1 fully saturated rings. The lowest BCUT2D eigenvalue weighted by molar-refractivity contribution is 0.326. The van der Waals surface area contributed by atoms with E-state index in [1.165, 1.54) is 0 Å². The van der Waals surface area contributed by atoms with Gasteiger partial charge in [0, 0.05) is 5.39 Å². The number of ether oxygens (including phenoxy) is 1. The molecule has 0 unspecified atom stereocenters. The van der Waals surface area contributed by atoms with Crippen LogP contribution in [0.25, 0.3) is 11.0 Å². The lowest BCUT2D eigenvalue weighted by Gasteiger charge is -2.36. The molecule has 1 aromatic carbocycles. The third-order valence-corrected chi connectivity index (χ3v) is 3.93. The van der Waals surface area contributed by atoms with Crippen molar-refractivity contribution in [1.29, 1.82) is 5.26 Å². The standard InChI is InChI=1S/C15H15NO2/c1-10-8-11-12(15(9-16)6-3-7-15)4-5-13(17-2)14(11)18-10/h4-5,8H,3,6-7H2,1-2H3. The predicted octanol–water partition coefficient (Wildman–Crippen LogP) is 3.70. The average molecular weight is 241 g/mol. The van der Waals surface area contributed by atoms with E-state index >= 15 is 0 Å². The van der Waals surface area contributed by atoms with E-state index in [-0.39, 0.29) is 5.41 Å². The molecule has 2 aromatic rings. The van der Waals surface area contributed by atoms with Crippen LogP contribution in [0, 0.1) is 18.3 Å². The Morgan fingerprint density at radius 3 is 2.72 bits per heavy atom. The van der Waals surface area contributed by atoms with Crippen LogP contribution in [-0.4, -0.2) is 7.11 Å². The highest BCUT2D eigenvalue weighted by Gasteiger charge is 2.40. The topological polar surface area (TPSA) is 46.2 Å². The molecule has 0 radical (unpaired) electrons. The van der Waals surface area contributed by atoms with Crippen LogP contribution >= 0.6 is 0 Å². The van der Waals surface area contributed by atoms with E-state index in [1.54, 1.807) is 7.11 Å². The maximum Gasteiger partial charge on any atom is 0.176 e. The number of hydrogen-bond donors (Lipinski definition) is 0. The average Bonchev–Trinajstić information content (AvgIpc) is 2.70. The fourth-order valence-electron chi connectivity index (χ4n) is 2.77. The van der Waals surface area contributed by atoms with Crippen LogP contribution in [0.4, 0.5) is 0 Å². The van der Waals surface area contributed by atoms with Crippen molar-refractivity contribution < 1.29 is 9.15 Å². The first-order chi connectivity index (χ1) is 8.70. The SMILES string of the molecule is COc1ccc(C2(C#N)CCC2)c2cc(C)oc12. The minimum absolute atomic E-state index is 0.319. The number of furan rings is 1. The molecule has 0 amide bonds. The van der Waals surface area contributed by atoms with Crippen LogP contribution in [0.3, 0.4) is 0 Å². The number of methoxy groups -OCH3 is 1. The number of rotatable bonds is 2. The van der Waals surface area contributed by atoms with Crippen LogP contribution in [-0.2, 0) is 5.41 Å². The Labute approximate surface area is 106 Å². The summed E-state index contributed by atoms with van der Waals surface area (Å²) in [6.07, 6.45) is 3.00. The van der Waals surface area contributed by atoms with Gasteiger partial charge in [-0.15, -0.1) is 0 Å². The molecule has 0 aliphatic heterocycles.